The number of benzene rings is 1. The summed E-state index contributed by atoms with van der Waals surface area (Å²) in [6.07, 6.45) is 1.94. The average molecular weight is 355 g/mol. The minimum absolute atomic E-state index is 0.155. The third kappa shape index (κ3) is 4.84. The first kappa shape index (κ1) is 18.0. The first-order valence-electron chi connectivity index (χ1n) is 7.19. The smallest absolute Gasteiger partial charge is 0.303 e. The van der Waals surface area contributed by atoms with Gasteiger partial charge in [-0.15, -0.1) is 0 Å². The maximum atomic E-state index is 12.0. The minimum atomic E-state index is -3.78. The molecule has 0 saturated heterocycles. The number of carbonyl (C=O) groups is 2. The molecule has 2 unspecified atom stereocenters. The Morgan fingerprint density at radius 1 is 1.38 bits per heavy atom. The van der Waals surface area contributed by atoms with Gasteiger partial charge in [0.15, 0.2) is 11.5 Å². The van der Waals surface area contributed by atoms with Crippen molar-refractivity contribution in [1.29, 1.82) is 0 Å². The van der Waals surface area contributed by atoms with Crippen LogP contribution in [-0.2, 0) is 14.2 Å². The number of carboxylic acid groups (broad SMARTS) is 1. The molecule has 0 spiro atoms. The predicted molar refractivity (Wildman–Crippen MR) is 86.1 cm³/mol. The Morgan fingerprint density at radius 3 is 2.79 bits per heavy atom. The fourth-order valence-electron chi connectivity index (χ4n) is 1.99. The second kappa shape index (κ2) is 7.51. The van der Waals surface area contributed by atoms with Crippen molar-refractivity contribution < 1.29 is 33.6 Å². The number of hydrogen-bond acceptors (Lipinski definition) is 5. The largest absolute Gasteiger partial charge is 0.481 e. The summed E-state index contributed by atoms with van der Waals surface area (Å²) in [7, 11) is -3.78. The Morgan fingerprint density at radius 2 is 2.08 bits per heavy atom. The standard InChI is InChI=1S/C15H18NO7P/c1-10(24(20,21)7-6-15(18)19)16-14(17)5-3-11-2-4-12-13(8-11)23-9-22-12/h2-5,8,10H,6-7,9H2,1H3,(H,16,17)(H,18,19)(H,20,21)/b5-3+. The van der Waals surface area contributed by atoms with Crippen LogP contribution in [0, 0.1) is 0 Å². The van der Waals surface area contributed by atoms with E-state index >= 15 is 0 Å². The molecule has 8 nitrogen and oxygen atoms in total. The van der Waals surface area contributed by atoms with E-state index in [2.05, 4.69) is 5.32 Å². The molecule has 0 bridgehead atoms. The van der Waals surface area contributed by atoms with Gasteiger partial charge in [0.1, 0.15) is 5.78 Å². The van der Waals surface area contributed by atoms with E-state index in [9.17, 15) is 19.0 Å². The lowest BCUT2D eigenvalue weighted by atomic mass is 10.2. The van der Waals surface area contributed by atoms with Crippen molar-refractivity contribution in [1.82, 2.24) is 5.32 Å². The van der Waals surface area contributed by atoms with Crippen molar-refractivity contribution in [2.75, 3.05) is 13.0 Å². The van der Waals surface area contributed by atoms with Crippen LogP contribution in [0.1, 0.15) is 18.9 Å². The van der Waals surface area contributed by atoms with Gasteiger partial charge >= 0.3 is 5.97 Å². The molecule has 130 valence electrons. The molecule has 0 aliphatic carbocycles. The quantitative estimate of drug-likeness (QED) is 0.502. The minimum Gasteiger partial charge on any atom is -0.481 e. The highest BCUT2D eigenvalue weighted by Crippen LogP contribution is 2.45. The van der Waals surface area contributed by atoms with Gasteiger partial charge < -0.3 is 24.8 Å². The number of carbonyl (C=O) groups excluding carboxylic acids is 1. The Labute approximate surface area is 138 Å². The van der Waals surface area contributed by atoms with Crippen LogP contribution in [0.5, 0.6) is 11.5 Å². The third-order valence-electron chi connectivity index (χ3n) is 3.43. The predicted octanol–water partition coefficient (Wildman–Crippen LogP) is 1.64. The molecule has 1 aromatic carbocycles. The van der Waals surface area contributed by atoms with Crippen molar-refractivity contribution in [2.24, 2.45) is 0 Å². The monoisotopic (exact) mass is 355 g/mol. The first-order chi connectivity index (χ1) is 11.3. The Hall–Kier alpha value is -2.31. The summed E-state index contributed by atoms with van der Waals surface area (Å²) < 4.78 is 22.4. The molecule has 1 amide bonds. The van der Waals surface area contributed by atoms with Gasteiger partial charge in [-0.25, -0.2) is 0 Å². The molecule has 2 rings (SSSR count). The number of fused-ring (bicyclic) bond motifs is 1. The lowest BCUT2D eigenvalue weighted by molar-refractivity contribution is -0.136. The number of ether oxygens (including phenoxy) is 2. The lowest BCUT2D eigenvalue weighted by Gasteiger charge is -2.19. The molecule has 0 radical (unpaired) electrons. The van der Waals surface area contributed by atoms with E-state index in [0.717, 1.165) is 0 Å². The molecule has 0 fully saturated rings. The zero-order valence-electron chi connectivity index (χ0n) is 13.0. The molecular weight excluding hydrogens is 337 g/mol. The highest BCUT2D eigenvalue weighted by atomic mass is 31.2. The molecule has 2 atom stereocenters. The van der Waals surface area contributed by atoms with E-state index in [0.29, 0.717) is 17.1 Å². The van der Waals surface area contributed by atoms with Crippen LogP contribution in [0.25, 0.3) is 6.08 Å². The van der Waals surface area contributed by atoms with Crippen LogP contribution in [0.3, 0.4) is 0 Å². The van der Waals surface area contributed by atoms with Gasteiger partial charge in [-0.05, 0) is 30.7 Å². The van der Waals surface area contributed by atoms with Gasteiger partial charge in [-0.3, -0.25) is 14.2 Å². The number of amides is 1. The average Bonchev–Trinajstić information content (AvgIpc) is 2.98. The number of aliphatic carboxylic acids is 1. The summed E-state index contributed by atoms with van der Waals surface area (Å²) in [5, 5.41) is 10.9. The van der Waals surface area contributed by atoms with Gasteiger partial charge in [0.2, 0.25) is 20.1 Å². The number of nitrogens with one attached hydrogen (secondary N) is 1. The summed E-state index contributed by atoms with van der Waals surface area (Å²) in [5.41, 5.74) is 0.708. The number of carboxylic acids is 1. The van der Waals surface area contributed by atoms with E-state index in [1.807, 2.05) is 0 Å². The normalized spacial score (nSPS) is 16.6. The highest BCUT2D eigenvalue weighted by molar-refractivity contribution is 7.58. The van der Waals surface area contributed by atoms with Gasteiger partial charge in [-0.1, -0.05) is 6.07 Å². The van der Waals surface area contributed by atoms with Crippen molar-refractivity contribution in [3.05, 3.63) is 29.8 Å². The molecule has 0 saturated carbocycles. The van der Waals surface area contributed by atoms with Crippen LogP contribution in [0.4, 0.5) is 0 Å². The van der Waals surface area contributed by atoms with Crippen molar-refractivity contribution >= 4 is 25.3 Å². The Balaban J connectivity index is 1.92. The maximum Gasteiger partial charge on any atom is 0.303 e. The Kier molecular flexibility index (Phi) is 5.64. The summed E-state index contributed by atoms with van der Waals surface area (Å²) >= 11 is 0. The van der Waals surface area contributed by atoms with E-state index in [-0.39, 0.29) is 6.79 Å². The van der Waals surface area contributed by atoms with Gasteiger partial charge in [0.25, 0.3) is 0 Å². The molecule has 1 heterocycles. The third-order valence-corrected chi connectivity index (χ3v) is 5.63. The van der Waals surface area contributed by atoms with Crippen molar-refractivity contribution in [3.8, 4) is 11.5 Å². The van der Waals surface area contributed by atoms with Crippen LogP contribution in [0.15, 0.2) is 24.3 Å². The zero-order valence-corrected chi connectivity index (χ0v) is 13.9. The van der Waals surface area contributed by atoms with Gasteiger partial charge in [0.05, 0.1) is 6.42 Å². The highest BCUT2D eigenvalue weighted by Gasteiger charge is 2.28. The second-order valence-corrected chi connectivity index (χ2v) is 7.99. The summed E-state index contributed by atoms with van der Waals surface area (Å²) in [5.74, 6) is -1.54. The van der Waals surface area contributed by atoms with Crippen LogP contribution >= 0.6 is 7.37 Å². The topological polar surface area (TPSA) is 122 Å². The van der Waals surface area contributed by atoms with E-state index in [1.165, 1.54) is 19.1 Å². The maximum absolute atomic E-state index is 12.0. The number of rotatable bonds is 7. The molecule has 1 aliphatic rings. The molecule has 24 heavy (non-hydrogen) atoms. The van der Waals surface area contributed by atoms with Crippen LogP contribution < -0.4 is 14.8 Å². The molecule has 1 aliphatic heterocycles. The molecule has 9 heteroatoms. The van der Waals surface area contributed by atoms with E-state index < -0.39 is 37.6 Å². The van der Waals surface area contributed by atoms with Crippen LogP contribution in [0.2, 0.25) is 0 Å². The fourth-order valence-corrected chi connectivity index (χ4v) is 3.22. The second-order valence-electron chi connectivity index (χ2n) is 5.25. The van der Waals surface area contributed by atoms with Crippen LogP contribution in [-0.4, -0.2) is 40.6 Å². The molecule has 3 N–H and O–H groups in total. The number of hydrogen-bond donors (Lipinski definition) is 3. The fraction of sp³-hybridized carbons (Fsp3) is 0.333. The van der Waals surface area contributed by atoms with E-state index in [1.54, 1.807) is 18.2 Å². The summed E-state index contributed by atoms with van der Waals surface area (Å²) in [6.45, 7) is 1.53. The Bertz CT molecular complexity index is 716. The molecular formula is C15H18NO7P. The molecule has 0 aromatic heterocycles. The molecule has 1 aromatic rings. The van der Waals surface area contributed by atoms with Crippen molar-refractivity contribution in [2.45, 2.75) is 19.1 Å². The first-order valence-corrected chi connectivity index (χ1v) is 9.11. The van der Waals surface area contributed by atoms with Gasteiger partial charge in [0, 0.05) is 12.2 Å². The van der Waals surface area contributed by atoms with Gasteiger partial charge in [-0.2, -0.15) is 0 Å². The lowest BCUT2D eigenvalue weighted by Crippen LogP contribution is -2.32. The van der Waals surface area contributed by atoms with E-state index in [4.69, 9.17) is 14.6 Å². The SMILES string of the molecule is CC(NC(=O)/C=C/c1ccc2c(c1)OCO2)P(=O)(O)CCC(=O)O. The zero-order chi connectivity index (χ0) is 17.7. The van der Waals surface area contributed by atoms with Crippen molar-refractivity contribution in [3.63, 3.8) is 0 Å². The summed E-state index contributed by atoms with van der Waals surface area (Å²) in [6, 6.07) is 5.17. The summed E-state index contributed by atoms with van der Waals surface area (Å²) in [4.78, 5) is 32.1.